The number of ether oxygens (including phenoxy) is 1. The molecule has 1 saturated heterocycles. The quantitative estimate of drug-likeness (QED) is 0.616. The van der Waals surface area contributed by atoms with Crippen molar-refractivity contribution in [2.24, 2.45) is 35.5 Å². The molecule has 1 heterocycles. The minimum absolute atomic E-state index is 0.129. The Morgan fingerprint density at radius 2 is 1.71 bits per heavy atom. The Hall–Kier alpha value is -2.43. The number of likely N-dealkylation sites (tertiary alicyclic amines) is 1. The Labute approximate surface area is 139 Å². The minimum atomic E-state index is -0.536. The first-order chi connectivity index (χ1) is 11.6. The van der Waals surface area contributed by atoms with E-state index in [1.165, 1.54) is 7.11 Å². The smallest absolute Gasteiger partial charge is 0.267 e. The molecule has 0 unspecified atom stereocenters. The molecule has 24 heavy (non-hydrogen) atoms. The fraction of sp³-hybridized carbons (Fsp3) is 0.421. The lowest BCUT2D eigenvalue weighted by molar-refractivity contribution is -0.136. The summed E-state index contributed by atoms with van der Waals surface area (Å²) < 4.78 is 5.13. The van der Waals surface area contributed by atoms with Gasteiger partial charge in [0.25, 0.3) is 5.91 Å². The lowest BCUT2D eigenvalue weighted by Gasteiger charge is -2.37. The summed E-state index contributed by atoms with van der Waals surface area (Å²) in [4.78, 5) is 39.5. The molecule has 5 aliphatic rings. The highest BCUT2D eigenvalue weighted by Gasteiger charge is 2.67. The van der Waals surface area contributed by atoms with E-state index in [1.54, 1.807) is 24.3 Å². The molecule has 3 fully saturated rings. The summed E-state index contributed by atoms with van der Waals surface area (Å²) in [7, 11) is 1.51. The fourth-order valence-electron chi connectivity index (χ4n) is 5.04. The van der Waals surface area contributed by atoms with Crippen LogP contribution in [0.5, 0.6) is 5.75 Å². The molecule has 3 amide bonds. The van der Waals surface area contributed by atoms with Gasteiger partial charge in [0.1, 0.15) is 5.75 Å². The molecular weight excluding hydrogens is 306 g/mol. The SMILES string of the molecule is COc1cccc(C(=O)N2C(=O)[C@@H]3[C@H]4C=C[C@@H]([C@@H]5C[C@@H]45)[C@H]3C2=O)c1. The standard InChI is InChI=1S/C19H17NO4/c1-24-10-4-2-3-9(7-10)17(21)20-18(22)15-11-5-6-12(14-8-13(11)14)16(15)19(20)23/h2-7,11-16H,8H2,1H3/t11-,12-,13-,14-,15+,16+/m0/s1. The van der Waals surface area contributed by atoms with Crippen LogP contribution in [-0.4, -0.2) is 29.7 Å². The van der Waals surface area contributed by atoms with Gasteiger partial charge < -0.3 is 4.74 Å². The Morgan fingerprint density at radius 1 is 1.08 bits per heavy atom. The number of amides is 3. The third kappa shape index (κ3) is 1.62. The van der Waals surface area contributed by atoms with E-state index in [0.717, 1.165) is 11.3 Å². The first kappa shape index (κ1) is 14.0. The molecular formula is C19H17NO4. The van der Waals surface area contributed by atoms with E-state index < -0.39 is 5.91 Å². The second-order valence-electron chi connectivity index (χ2n) is 7.20. The van der Waals surface area contributed by atoms with Crippen LogP contribution in [-0.2, 0) is 9.59 Å². The Morgan fingerprint density at radius 3 is 2.29 bits per heavy atom. The zero-order valence-corrected chi connectivity index (χ0v) is 13.2. The van der Waals surface area contributed by atoms with E-state index in [9.17, 15) is 14.4 Å². The monoisotopic (exact) mass is 323 g/mol. The van der Waals surface area contributed by atoms with E-state index in [-0.39, 0.29) is 35.5 Å². The summed E-state index contributed by atoms with van der Waals surface area (Å²) in [5.41, 5.74) is 0.306. The number of methoxy groups -OCH3 is 1. The average Bonchev–Trinajstić information content (AvgIpc) is 3.39. The van der Waals surface area contributed by atoms with Gasteiger partial charge in [-0.15, -0.1) is 0 Å². The van der Waals surface area contributed by atoms with Crippen molar-refractivity contribution in [2.75, 3.05) is 7.11 Å². The average molecular weight is 323 g/mol. The van der Waals surface area contributed by atoms with Crippen LogP contribution >= 0.6 is 0 Å². The van der Waals surface area contributed by atoms with Crippen LogP contribution in [0.25, 0.3) is 0 Å². The van der Waals surface area contributed by atoms with Gasteiger partial charge in [0.2, 0.25) is 11.8 Å². The second kappa shape index (κ2) is 4.56. The molecule has 0 radical (unpaired) electrons. The molecule has 6 rings (SSSR count). The minimum Gasteiger partial charge on any atom is -0.497 e. The highest BCUT2D eigenvalue weighted by atomic mass is 16.5. The molecule has 6 atom stereocenters. The molecule has 4 aliphatic carbocycles. The lowest BCUT2D eigenvalue weighted by atomic mass is 9.63. The lowest BCUT2D eigenvalue weighted by Crippen LogP contribution is -2.40. The molecule has 2 bridgehead atoms. The van der Waals surface area contributed by atoms with E-state index >= 15 is 0 Å². The number of imide groups is 3. The number of carbonyl (C=O) groups excluding carboxylic acids is 3. The van der Waals surface area contributed by atoms with Gasteiger partial charge in [0, 0.05) is 5.56 Å². The molecule has 2 saturated carbocycles. The van der Waals surface area contributed by atoms with Crippen molar-refractivity contribution in [3.63, 3.8) is 0 Å². The number of benzene rings is 1. The summed E-state index contributed by atoms with van der Waals surface area (Å²) in [5.74, 6) is -0.00256. The summed E-state index contributed by atoms with van der Waals surface area (Å²) in [6.07, 6.45) is 5.31. The first-order valence-electron chi connectivity index (χ1n) is 8.36. The first-order valence-corrected chi connectivity index (χ1v) is 8.36. The van der Waals surface area contributed by atoms with Gasteiger partial charge in [0.15, 0.2) is 0 Å². The maximum Gasteiger partial charge on any atom is 0.267 e. The number of nitrogens with zero attached hydrogens (tertiary/aromatic N) is 1. The van der Waals surface area contributed by atoms with Crippen molar-refractivity contribution in [1.29, 1.82) is 0 Å². The number of hydrogen-bond acceptors (Lipinski definition) is 4. The van der Waals surface area contributed by atoms with Crippen molar-refractivity contribution in [2.45, 2.75) is 6.42 Å². The van der Waals surface area contributed by atoms with Gasteiger partial charge in [-0.1, -0.05) is 18.2 Å². The number of rotatable bonds is 2. The molecule has 0 N–H and O–H groups in total. The van der Waals surface area contributed by atoms with Crippen LogP contribution in [0.15, 0.2) is 36.4 Å². The van der Waals surface area contributed by atoms with Crippen molar-refractivity contribution in [3.8, 4) is 5.75 Å². The van der Waals surface area contributed by atoms with Gasteiger partial charge in [-0.25, -0.2) is 4.90 Å². The van der Waals surface area contributed by atoms with E-state index in [2.05, 4.69) is 12.2 Å². The summed E-state index contributed by atoms with van der Waals surface area (Å²) in [6, 6.07) is 6.58. The van der Waals surface area contributed by atoms with Gasteiger partial charge in [0.05, 0.1) is 18.9 Å². The predicted molar refractivity (Wildman–Crippen MR) is 83.9 cm³/mol. The largest absolute Gasteiger partial charge is 0.497 e. The van der Waals surface area contributed by atoms with Gasteiger partial charge >= 0.3 is 0 Å². The zero-order valence-electron chi connectivity index (χ0n) is 13.2. The van der Waals surface area contributed by atoms with Crippen LogP contribution in [0.3, 0.4) is 0 Å². The van der Waals surface area contributed by atoms with Gasteiger partial charge in [-0.3, -0.25) is 14.4 Å². The Balaban J connectivity index is 1.51. The highest BCUT2D eigenvalue weighted by Crippen LogP contribution is 2.65. The molecule has 122 valence electrons. The molecule has 0 spiro atoms. The highest BCUT2D eigenvalue weighted by molar-refractivity contribution is 6.21. The van der Waals surface area contributed by atoms with Crippen LogP contribution in [0.1, 0.15) is 16.8 Å². The van der Waals surface area contributed by atoms with Crippen LogP contribution < -0.4 is 4.74 Å². The zero-order chi connectivity index (χ0) is 16.6. The van der Waals surface area contributed by atoms with E-state index in [0.29, 0.717) is 23.1 Å². The normalized spacial score (nSPS) is 38.1. The van der Waals surface area contributed by atoms with Crippen molar-refractivity contribution in [1.82, 2.24) is 4.90 Å². The topological polar surface area (TPSA) is 63.7 Å². The van der Waals surface area contributed by atoms with Gasteiger partial charge in [-0.2, -0.15) is 0 Å². The molecule has 5 heteroatoms. The predicted octanol–water partition coefficient (Wildman–Crippen LogP) is 1.89. The number of allylic oxidation sites excluding steroid dienone is 2. The van der Waals surface area contributed by atoms with Crippen LogP contribution in [0, 0.1) is 35.5 Å². The second-order valence-corrected chi connectivity index (χ2v) is 7.20. The third-order valence-corrected chi connectivity index (χ3v) is 6.18. The third-order valence-electron chi connectivity index (χ3n) is 6.18. The molecule has 1 aromatic carbocycles. The van der Waals surface area contributed by atoms with Crippen molar-refractivity contribution >= 4 is 17.7 Å². The van der Waals surface area contributed by atoms with Crippen LogP contribution in [0.2, 0.25) is 0 Å². The van der Waals surface area contributed by atoms with Gasteiger partial charge in [-0.05, 0) is 48.3 Å². The van der Waals surface area contributed by atoms with E-state index in [1.807, 2.05) is 0 Å². The molecule has 5 nitrogen and oxygen atoms in total. The van der Waals surface area contributed by atoms with Crippen molar-refractivity contribution < 1.29 is 19.1 Å². The number of carbonyl (C=O) groups is 3. The maximum atomic E-state index is 12.9. The summed E-state index contributed by atoms with van der Waals surface area (Å²) >= 11 is 0. The fourth-order valence-corrected chi connectivity index (χ4v) is 5.04. The number of hydrogen-bond donors (Lipinski definition) is 0. The Bertz CT molecular complexity index is 777. The van der Waals surface area contributed by atoms with Crippen LogP contribution in [0.4, 0.5) is 0 Å². The molecule has 1 aliphatic heterocycles. The maximum absolute atomic E-state index is 12.9. The Kier molecular flexibility index (Phi) is 2.65. The molecule has 1 aromatic rings. The van der Waals surface area contributed by atoms with E-state index in [4.69, 9.17) is 4.74 Å². The summed E-state index contributed by atoms with van der Waals surface area (Å²) in [6.45, 7) is 0. The summed E-state index contributed by atoms with van der Waals surface area (Å²) in [5, 5.41) is 0. The molecule has 0 aromatic heterocycles. The van der Waals surface area contributed by atoms with Crippen molar-refractivity contribution in [3.05, 3.63) is 42.0 Å².